The van der Waals surface area contributed by atoms with Crippen molar-refractivity contribution in [2.75, 3.05) is 13.1 Å². The number of unbranched alkanes of at least 4 members (excludes halogenated alkanes) is 1. The van der Waals surface area contributed by atoms with Crippen molar-refractivity contribution in [1.29, 1.82) is 0 Å². The maximum Gasteiger partial charge on any atom is -0.00431 e. The Morgan fingerprint density at radius 2 is 2.12 bits per heavy atom. The number of hydrogen-bond acceptors (Lipinski definition) is 1. The van der Waals surface area contributed by atoms with Gasteiger partial charge in [0.2, 0.25) is 0 Å². The second-order valence-corrected chi connectivity index (χ2v) is 4.83. The number of fused-ring (bicyclic) bond motifs is 1. The number of aryl methyl sites for hydroxylation is 1. The van der Waals surface area contributed by atoms with Crippen LogP contribution in [0.25, 0.3) is 0 Å². The molecule has 0 amide bonds. The zero-order valence-electron chi connectivity index (χ0n) is 10.3. The molecule has 88 valence electrons. The Kier molecular flexibility index (Phi) is 4.41. The van der Waals surface area contributed by atoms with Gasteiger partial charge in [-0.1, -0.05) is 37.6 Å². The van der Waals surface area contributed by atoms with Gasteiger partial charge in [0.25, 0.3) is 0 Å². The molecule has 0 fully saturated rings. The Morgan fingerprint density at radius 1 is 1.25 bits per heavy atom. The molecule has 0 heterocycles. The molecule has 1 aliphatic carbocycles. The largest absolute Gasteiger partial charge is 0.317 e. The van der Waals surface area contributed by atoms with Gasteiger partial charge >= 0.3 is 0 Å². The highest BCUT2D eigenvalue weighted by Crippen LogP contribution is 2.34. The lowest BCUT2D eigenvalue weighted by molar-refractivity contribution is 0.553. The summed E-state index contributed by atoms with van der Waals surface area (Å²) in [5.41, 5.74) is 3.20. The lowest BCUT2D eigenvalue weighted by atomic mass is 9.98. The van der Waals surface area contributed by atoms with E-state index < -0.39 is 0 Å². The maximum absolute atomic E-state index is 3.54. The molecule has 1 heteroatoms. The maximum atomic E-state index is 3.54. The Morgan fingerprint density at radius 3 is 3.00 bits per heavy atom. The van der Waals surface area contributed by atoms with Gasteiger partial charge in [-0.25, -0.2) is 0 Å². The van der Waals surface area contributed by atoms with Crippen molar-refractivity contribution in [1.82, 2.24) is 5.32 Å². The van der Waals surface area contributed by atoms with Gasteiger partial charge in [-0.15, -0.1) is 0 Å². The molecule has 1 atom stereocenters. The van der Waals surface area contributed by atoms with Gasteiger partial charge in [-0.2, -0.15) is 0 Å². The van der Waals surface area contributed by atoms with E-state index in [4.69, 9.17) is 0 Å². The van der Waals surface area contributed by atoms with Gasteiger partial charge in [-0.05, 0) is 55.8 Å². The molecule has 0 spiro atoms. The normalized spacial score (nSPS) is 18.7. The average Bonchev–Trinajstić information content (AvgIpc) is 2.73. The minimum absolute atomic E-state index is 0.810. The van der Waals surface area contributed by atoms with Gasteiger partial charge in [0.15, 0.2) is 0 Å². The highest BCUT2D eigenvalue weighted by atomic mass is 14.8. The number of hydrogen-bond donors (Lipinski definition) is 1. The molecule has 0 saturated heterocycles. The summed E-state index contributed by atoms with van der Waals surface area (Å²) in [6.45, 7) is 4.61. The molecule has 1 nitrogen and oxygen atoms in total. The van der Waals surface area contributed by atoms with Crippen molar-refractivity contribution >= 4 is 0 Å². The summed E-state index contributed by atoms with van der Waals surface area (Å²) < 4.78 is 0. The lowest BCUT2D eigenvalue weighted by Gasteiger charge is -2.11. The van der Waals surface area contributed by atoms with Gasteiger partial charge in [-0.3, -0.25) is 0 Å². The Labute approximate surface area is 99.3 Å². The molecule has 2 rings (SSSR count). The van der Waals surface area contributed by atoms with Crippen LogP contribution in [0.15, 0.2) is 24.3 Å². The molecule has 0 radical (unpaired) electrons. The molecule has 1 aliphatic rings. The molecular weight excluding hydrogens is 194 g/mol. The van der Waals surface area contributed by atoms with Gasteiger partial charge in [0.1, 0.15) is 0 Å². The second kappa shape index (κ2) is 6.05. The molecule has 0 aliphatic heterocycles. The van der Waals surface area contributed by atoms with Crippen molar-refractivity contribution in [3.05, 3.63) is 35.4 Å². The Bertz CT molecular complexity index is 319. The molecule has 0 bridgehead atoms. The van der Waals surface area contributed by atoms with Crippen molar-refractivity contribution in [2.24, 2.45) is 0 Å². The van der Waals surface area contributed by atoms with Crippen LogP contribution in [0.3, 0.4) is 0 Å². The summed E-state index contributed by atoms with van der Waals surface area (Å²) >= 11 is 0. The minimum Gasteiger partial charge on any atom is -0.317 e. The molecule has 1 aromatic rings. The van der Waals surface area contributed by atoms with Crippen LogP contribution in [-0.2, 0) is 6.42 Å². The fourth-order valence-corrected chi connectivity index (χ4v) is 2.65. The lowest BCUT2D eigenvalue weighted by Crippen LogP contribution is -2.18. The molecule has 1 aromatic carbocycles. The monoisotopic (exact) mass is 217 g/mol. The van der Waals surface area contributed by atoms with E-state index in [1.165, 1.54) is 45.2 Å². The highest BCUT2D eigenvalue weighted by molar-refractivity contribution is 5.34. The fourth-order valence-electron chi connectivity index (χ4n) is 2.65. The van der Waals surface area contributed by atoms with E-state index in [2.05, 4.69) is 36.5 Å². The van der Waals surface area contributed by atoms with E-state index in [9.17, 15) is 0 Å². The van der Waals surface area contributed by atoms with E-state index in [1.807, 2.05) is 0 Å². The Balaban J connectivity index is 1.76. The minimum atomic E-state index is 0.810. The van der Waals surface area contributed by atoms with Crippen LogP contribution in [0.5, 0.6) is 0 Å². The van der Waals surface area contributed by atoms with Crippen LogP contribution >= 0.6 is 0 Å². The zero-order chi connectivity index (χ0) is 11.2. The topological polar surface area (TPSA) is 12.0 Å². The van der Waals surface area contributed by atoms with E-state index in [0.29, 0.717) is 0 Å². The first-order valence-electron chi connectivity index (χ1n) is 6.70. The van der Waals surface area contributed by atoms with Crippen LogP contribution < -0.4 is 5.32 Å². The standard InChI is InChI=1S/C15H23N/c1-2-3-11-16-12-10-14-9-8-13-6-4-5-7-15(13)14/h4-7,14,16H,2-3,8-12H2,1H3/t14-/m1/s1. The SMILES string of the molecule is CCCCNCC[C@H]1CCc2ccccc21. The molecular formula is C15H23N. The van der Waals surface area contributed by atoms with Crippen molar-refractivity contribution in [3.8, 4) is 0 Å². The highest BCUT2D eigenvalue weighted by Gasteiger charge is 2.20. The van der Waals surface area contributed by atoms with Gasteiger partial charge < -0.3 is 5.32 Å². The van der Waals surface area contributed by atoms with Crippen LogP contribution in [-0.4, -0.2) is 13.1 Å². The first-order valence-corrected chi connectivity index (χ1v) is 6.70. The first-order chi connectivity index (χ1) is 7.92. The van der Waals surface area contributed by atoms with Crippen molar-refractivity contribution < 1.29 is 0 Å². The van der Waals surface area contributed by atoms with Crippen molar-refractivity contribution in [2.45, 2.75) is 44.9 Å². The average molecular weight is 217 g/mol. The van der Waals surface area contributed by atoms with Gasteiger partial charge in [0.05, 0.1) is 0 Å². The van der Waals surface area contributed by atoms with Crippen LogP contribution in [0.4, 0.5) is 0 Å². The summed E-state index contributed by atoms with van der Waals surface area (Å²) in [4.78, 5) is 0. The van der Waals surface area contributed by atoms with Gasteiger partial charge in [0, 0.05) is 0 Å². The fraction of sp³-hybridized carbons (Fsp3) is 0.600. The Hall–Kier alpha value is -0.820. The zero-order valence-corrected chi connectivity index (χ0v) is 10.3. The first kappa shape index (κ1) is 11.7. The summed E-state index contributed by atoms with van der Waals surface area (Å²) in [5.74, 6) is 0.810. The molecule has 16 heavy (non-hydrogen) atoms. The molecule has 0 unspecified atom stereocenters. The van der Waals surface area contributed by atoms with E-state index in [0.717, 1.165) is 5.92 Å². The molecule has 1 N–H and O–H groups in total. The number of rotatable bonds is 6. The number of nitrogens with one attached hydrogen (secondary N) is 1. The molecule has 0 saturated carbocycles. The quantitative estimate of drug-likeness (QED) is 0.719. The number of benzene rings is 1. The molecule has 0 aromatic heterocycles. The van der Waals surface area contributed by atoms with Crippen LogP contribution in [0.2, 0.25) is 0 Å². The third-order valence-corrected chi connectivity index (χ3v) is 3.63. The van der Waals surface area contributed by atoms with E-state index in [1.54, 1.807) is 11.1 Å². The van der Waals surface area contributed by atoms with E-state index in [-0.39, 0.29) is 0 Å². The summed E-state index contributed by atoms with van der Waals surface area (Å²) in [6.07, 6.45) is 6.55. The summed E-state index contributed by atoms with van der Waals surface area (Å²) in [7, 11) is 0. The second-order valence-electron chi connectivity index (χ2n) is 4.83. The third kappa shape index (κ3) is 2.85. The predicted molar refractivity (Wildman–Crippen MR) is 69.9 cm³/mol. The van der Waals surface area contributed by atoms with Crippen LogP contribution in [0, 0.1) is 0 Å². The van der Waals surface area contributed by atoms with Crippen LogP contribution in [0.1, 0.15) is 49.7 Å². The summed E-state index contributed by atoms with van der Waals surface area (Å²) in [5, 5.41) is 3.54. The van der Waals surface area contributed by atoms with Crippen molar-refractivity contribution in [3.63, 3.8) is 0 Å². The smallest absolute Gasteiger partial charge is 0.00431 e. The summed E-state index contributed by atoms with van der Waals surface area (Å²) in [6, 6.07) is 8.96. The van der Waals surface area contributed by atoms with E-state index >= 15 is 0 Å². The third-order valence-electron chi connectivity index (χ3n) is 3.63. The predicted octanol–water partition coefficient (Wildman–Crippen LogP) is 3.50.